The van der Waals surface area contributed by atoms with Crippen molar-refractivity contribution in [2.45, 2.75) is 85.2 Å². The van der Waals surface area contributed by atoms with Gasteiger partial charge in [0, 0.05) is 28.3 Å². The molecule has 268 valence electrons. The van der Waals surface area contributed by atoms with Gasteiger partial charge in [-0.05, 0) is 73.1 Å². The Morgan fingerprint density at radius 2 is 1.57 bits per heavy atom. The van der Waals surface area contributed by atoms with E-state index in [-0.39, 0.29) is 34.2 Å². The maximum absolute atomic E-state index is 13.3. The first-order valence-electron chi connectivity index (χ1n) is 16.1. The lowest BCUT2D eigenvalue weighted by Gasteiger charge is -2.46. The number of aliphatic hydroxyl groups is 1. The molecular weight excluding hydrogens is 658 g/mol. The Bertz CT molecular complexity index is 1530. The van der Waals surface area contributed by atoms with Crippen LogP contribution >= 0.6 is 11.8 Å². The molecule has 1 aromatic rings. The highest BCUT2D eigenvalue weighted by Crippen LogP contribution is 2.52. The maximum atomic E-state index is 13.3. The zero-order valence-corrected chi connectivity index (χ0v) is 29.8. The number of hydrogen-bond acceptors (Lipinski definition) is 13. The molecule has 15 heteroatoms. The van der Waals surface area contributed by atoms with Crippen molar-refractivity contribution in [1.82, 2.24) is 10.2 Å². The summed E-state index contributed by atoms with van der Waals surface area (Å²) in [6, 6.07) is 5.13. The highest BCUT2D eigenvalue weighted by atomic mass is 32.2. The number of esters is 4. The molecule has 14 nitrogen and oxygen atoms in total. The molecule has 3 aliphatic rings. The number of hydrogen-bond donors (Lipinski definition) is 3. The van der Waals surface area contributed by atoms with Gasteiger partial charge in [0.1, 0.15) is 5.70 Å². The van der Waals surface area contributed by atoms with E-state index in [2.05, 4.69) is 10.6 Å². The Morgan fingerprint density at radius 1 is 0.980 bits per heavy atom. The number of amides is 2. The molecule has 3 heterocycles. The first kappa shape index (κ1) is 37.9. The lowest BCUT2D eigenvalue weighted by molar-refractivity contribution is -0.175. The summed E-state index contributed by atoms with van der Waals surface area (Å²) < 4.78 is 20.4. The normalized spacial score (nSPS) is 24.1. The zero-order valence-electron chi connectivity index (χ0n) is 29.0. The van der Waals surface area contributed by atoms with Crippen LogP contribution in [0.3, 0.4) is 0 Å². The first-order valence-corrected chi connectivity index (χ1v) is 16.9. The number of β-lactam (4-membered cyclic amide) rings is 1. The van der Waals surface area contributed by atoms with Crippen LogP contribution in [0.2, 0.25) is 0 Å². The quantitative estimate of drug-likeness (QED) is 0.174. The van der Waals surface area contributed by atoms with Gasteiger partial charge >= 0.3 is 23.9 Å². The van der Waals surface area contributed by atoms with Crippen LogP contribution in [0.25, 0.3) is 0 Å². The topological polar surface area (TPSA) is 187 Å². The van der Waals surface area contributed by atoms with Gasteiger partial charge in [0.2, 0.25) is 25.4 Å². The van der Waals surface area contributed by atoms with Gasteiger partial charge in [-0.2, -0.15) is 0 Å². The second-order valence-electron chi connectivity index (χ2n) is 14.4. The van der Waals surface area contributed by atoms with Crippen LogP contribution in [0.1, 0.15) is 72.2 Å². The van der Waals surface area contributed by atoms with Crippen molar-refractivity contribution in [3.63, 3.8) is 0 Å². The molecule has 0 saturated carbocycles. The molecule has 2 saturated heterocycles. The molecule has 49 heavy (non-hydrogen) atoms. The van der Waals surface area contributed by atoms with Gasteiger partial charge in [0.05, 0.1) is 40.5 Å². The van der Waals surface area contributed by atoms with Crippen molar-refractivity contribution in [3.05, 3.63) is 40.4 Å². The van der Waals surface area contributed by atoms with E-state index in [1.807, 2.05) is 6.92 Å². The van der Waals surface area contributed by atoms with Crippen molar-refractivity contribution in [1.29, 1.82) is 0 Å². The summed E-state index contributed by atoms with van der Waals surface area (Å²) in [6.45, 7) is 12.7. The van der Waals surface area contributed by atoms with Gasteiger partial charge in [-0.15, -0.1) is 11.8 Å². The summed E-state index contributed by atoms with van der Waals surface area (Å²) in [6.07, 6.45) is -0.532. The second-order valence-corrected chi connectivity index (χ2v) is 15.8. The van der Waals surface area contributed by atoms with E-state index in [0.29, 0.717) is 23.6 Å². The second kappa shape index (κ2) is 14.9. The number of fused-ring (bicyclic) bond motifs is 1. The molecule has 2 fully saturated rings. The summed E-state index contributed by atoms with van der Waals surface area (Å²) >= 11 is 1.37. The average molecular weight is 704 g/mol. The molecule has 6 atom stereocenters. The van der Waals surface area contributed by atoms with Crippen LogP contribution in [0.4, 0.5) is 5.69 Å². The van der Waals surface area contributed by atoms with E-state index in [0.717, 1.165) is 0 Å². The van der Waals surface area contributed by atoms with Crippen LogP contribution in [0, 0.1) is 22.7 Å². The minimum absolute atomic E-state index is 0.0565. The minimum atomic E-state index is -0.918. The van der Waals surface area contributed by atoms with Crippen molar-refractivity contribution >= 4 is 53.1 Å². The van der Waals surface area contributed by atoms with Gasteiger partial charge in [-0.25, -0.2) is 9.59 Å². The van der Waals surface area contributed by atoms with Gasteiger partial charge in [-0.1, -0.05) is 13.0 Å². The van der Waals surface area contributed by atoms with Crippen LogP contribution < -0.4 is 10.6 Å². The number of nitrogens with one attached hydrogen (secondary N) is 2. The molecule has 0 bridgehead atoms. The van der Waals surface area contributed by atoms with Crippen molar-refractivity contribution in [2.75, 3.05) is 25.4 Å². The van der Waals surface area contributed by atoms with Crippen molar-refractivity contribution < 1.29 is 52.8 Å². The molecule has 3 aliphatic heterocycles. The molecule has 2 amide bonds. The summed E-state index contributed by atoms with van der Waals surface area (Å²) in [5.41, 5.74) is -0.970. The lowest BCUT2D eigenvalue weighted by Crippen LogP contribution is -2.63. The van der Waals surface area contributed by atoms with E-state index in [4.69, 9.17) is 18.9 Å². The van der Waals surface area contributed by atoms with E-state index >= 15 is 0 Å². The lowest BCUT2D eigenvalue weighted by atomic mass is 9.79. The Balaban J connectivity index is 1.39. The third-order valence-corrected chi connectivity index (χ3v) is 9.86. The number of rotatable bonds is 11. The van der Waals surface area contributed by atoms with Gasteiger partial charge < -0.3 is 39.6 Å². The first-order chi connectivity index (χ1) is 22.8. The predicted octanol–water partition coefficient (Wildman–Crippen LogP) is 2.95. The average Bonchev–Trinajstić information content (AvgIpc) is 3.57. The Kier molecular flexibility index (Phi) is 11.5. The standard InChI is InChI=1S/C34H45N3O11S/c1-17-24-23(18(2)38)28(40)37(24)25(30(42)46-16-48-32(44)34(6,7)8)26(17)49-21-13-22(35-14-21)27(39)36-20-11-9-10-19(12-20)29(41)45-15-47-31(43)33(3,4)5/h9-12,17-18,21-24,35,38H,13-16H2,1-8H3,(H,36,39)/t17-,18-,21+,22+,23-,24-/m1/s1. The zero-order chi connectivity index (χ0) is 36.4. The van der Waals surface area contributed by atoms with Gasteiger partial charge in [0.25, 0.3) is 0 Å². The van der Waals surface area contributed by atoms with Crippen LogP contribution in [0.5, 0.6) is 0 Å². The van der Waals surface area contributed by atoms with Crippen LogP contribution in [0.15, 0.2) is 34.9 Å². The largest absolute Gasteiger partial charge is 0.427 e. The number of aliphatic hydroxyl groups excluding tert-OH is 1. The fourth-order valence-electron chi connectivity index (χ4n) is 5.65. The summed E-state index contributed by atoms with van der Waals surface area (Å²) in [5.74, 6) is -4.32. The summed E-state index contributed by atoms with van der Waals surface area (Å²) in [4.78, 5) is 78.1. The molecular formula is C34H45N3O11S. The van der Waals surface area contributed by atoms with E-state index in [9.17, 15) is 33.9 Å². The number of benzene rings is 1. The SMILES string of the molecule is C[C@@H](O)[C@H]1C(=O)N2C(C(=O)OCOC(=O)C(C)(C)C)=C(S[C@@H]3CN[C@H](C(=O)Nc4cccc(C(=O)OCOC(=O)C(C)(C)C)c4)C3)[C@H](C)[C@H]12. The van der Waals surface area contributed by atoms with Crippen molar-refractivity contribution in [3.8, 4) is 0 Å². The minimum Gasteiger partial charge on any atom is -0.427 e. The van der Waals surface area contributed by atoms with E-state index in [1.165, 1.54) is 35.7 Å². The fourth-order valence-corrected chi connectivity index (χ4v) is 7.13. The molecule has 0 unspecified atom stereocenters. The molecule has 0 aliphatic carbocycles. The predicted molar refractivity (Wildman–Crippen MR) is 177 cm³/mol. The number of anilines is 1. The number of carbonyl (C=O) groups excluding carboxylic acids is 6. The highest BCUT2D eigenvalue weighted by molar-refractivity contribution is 8.03. The maximum Gasteiger partial charge on any atom is 0.358 e. The number of thioether (sulfide) groups is 1. The van der Waals surface area contributed by atoms with Gasteiger partial charge in [0.15, 0.2) is 0 Å². The third kappa shape index (κ3) is 8.62. The molecule has 1 aromatic carbocycles. The Labute approximate surface area is 289 Å². The Hall–Kier alpha value is -3.95. The molecule has 0 aromatic heterocycles. The molecule has 3 N–H and O–H groups in total. The number of nitrogens with zero attached hydrogens (tertiary/aromatic N) is 1. The monoisotopic (exact) mass is 703 g/mol. The van der Waals surface area contributed by atoms with Crippen LogP contribution in [-0.4, -0.2) is 89.3 Å². The molecule has 0 radical (unpaired) electrons. The Morgan fingerprint density at radius 3 is 2.14 bits per heavy atom. The summed E-state index contributed by atoms with van der Waals surface area (Å²) in [7, 11) is 0. The third-order valence-electron chi connectivity index (χ3n) is 8.35. The van der Waals surface area contributed by atoms with Crippen LogP contribution in [-0.2, 0) is 42.9 Å². The highest BCUT2D eigenvalue weighted by Gasteiger charge is 2.60. The van der Waals surface area contributed by atoms with Crippen molar-refractivity contribution in [2.24, 2.45) is 22.7 Å². The number of carbonyl (C=O) groups is 6. The molecule has 4 rings (SSSR count). The smallest absolute Gasteiger partial charge is 0.358 e. The van der Waals surface area contributed by atoms with E-state index in [1.54, 1.807) is 53.7 Å². The fraction of sp³-hybridized carbons (Fsp3) is 0.588. The van der Waals surface area contributed by atoms with Gasteiger partial charge in [-0.3, -0.25) is 19.2 Å². The summed E-state index contributed by atoms with van der Waals surface area (Å²) in [5, 5.41) is 16.1. The molecule has 0 spiro atoms. The number of ether oxygens (including phenoxy) is 4. The van der Waals surface area contributed by atoms with E-state index < -0.39 is 72.4 Å².